The number of esters is 1. The van der Waals surface area contributed by atoms with Crippen molar-refractivity contribution in [1.82, 2.24) is 10.3 Å². The summed E-state index contributed by atoms with van der Waals surface area (Å²) >= 11 is 0. The van der Waals surface area contributed by atoms with E-state index < -0.39 is 23.5 Å². The summed E-state index contributed by atoms with van der Waals surface area (Å²) in [4.78, 5) is 38.8. The minimum absolute atomic E-state index is 0.116. The van der Waals surface area contributed by atoms with Gasteiger partial charge >= 0.3 is 5.97 Å². The number of benzene rings is 1. The van der Waals surface area contributed by atoms with Crippen LogP contribution < -0.4 is 10.9 Å². The Labute approximate surface area is 142 Å². The second-order valence-electron chi connectivity index (χ2n) is 5.44. The molecule has 7 nitrogen and oxygen atoms in total. The molecule has 128 valence electrons. The molecule has 0 radical (unpaired) electrons. The number of carbonyl (C=O) groups excluding carboxylic acids is 2. The first-order chi connectivity index (χ1) is 12.0. The lowest BCUT2D eigenvalue weighted by molar-refractivity contribution is -0.129. The van der Waals surface area contributed by atoms with E-state index in [-0.39, 0.29) is 12.1 Å². The van der Waals surface area contributed by atoms with Crippen molar-refractivity contribution in [3.05, 3.63) is 70.4 Å². The van der Waals surface area contributed by atoms with Crippen LogP contribution >= 0.6 is 0 Å². The summed E-state index contributed by atoms with van der Waals surface area (Å²) in [6.45, 7) is 1.66. The van der Waals surface area contributed by atoms with E-state index in [4.69, 9.17) is 9.15 Å². The fourth-order valence-corrected chi connectivity index (χ4v) is 2.38. The molecule has 3 aromatic rings. The maximum absolute atomic E-state index is 12.4. The Bertz CT molecular complexity index is 959. The maximum atomic E-state index is 12.4. The van der Waals surface area contributed by atoms with Gasteiger partial charge in [0, 0.05) is 17.0 Å². The fraction of sp³-hybridized carbons (Fsp3) is 0.167. The smallest absolute Gasteiger partial charge is 0.339 e. The molecule has 2 heterocycles. The maximum Gasteiger partial charge on any atom is 0.339 e. The molecule has 0 aliphatic rings. The molecule has 0 aliphatic heterocycles. The Morgan fingerprint density at radius 2 is 2.04 bits per heavy atom. The Hall–Kier alpha value is -3.35. The van der Waals surface area contributed by atoms with Gasteiger partial charge in [0.05, 0.1) is 18.4 Å². The van der Waals surface area contributed by atoms with Crippen molar-refractivity contribution in [3.63, 3.8) is 0 Å². The second-order valence-corrected chi connectivity index (χ2v) is 5.44. The molecular weight excluding hydrogens is 324 g/mol. The van der Waals surface area contributed by atoms with Crippen LogP contribution in [0, 0.1) is 0 Å². The Balaban J connectivity index is 1.71. The minimum Gasteiger partial charge on any atom is -0.467 e. The van der Waals surface area contributed by atoms with Gasteiger partial charge < -0.3 is 19.5 Å². The molecule has 1 atom stereocenters. The van der Waals surface area contributed by atoms with Crippen LogP contribution in [0.2, 0.25) is 0 Å². The number of pyridine rings is 1. The predicted octanol–water partition coefficient (Wildman–Crippen LogP) is 1.98. The largest absolute Gasteiger partial charge is 0.467 e. The highest BCUT2D eigenvalue weighted by Gasteiger charge is 2.21. The lowest BCUT2D eigenvalue weighted by Crippen LogP contribution is -2.35. The molecule has 7 heteroatoms. The van der Waals surface area contributed by atoms with Crippen LogP contribution in [0.25, 0.3) is 10.9 Å². The number of carbonyl (C=O) groups is 2. The molecule has 0 bridgehead atoms. The van der Waals surface area contributed by atoms with Gasteiger partial charge in [0.2, 0.25) is 5.56 Å². The van der Waals surface area contributed by atoms with E-state index >= 15 is 0 Å². The summed E-state index contributed by atoms with van der Waals surface area (Å²) in [5.41, 5.74) is 0.225. The molecular formula is C18H16N2O5. The van der Waals surface area contributed by atoms with Gasteiger partial charge in [-0.15, -0.1) is 0 Å². The normalized spacial score (nSPS) is 11.9. The van der Waals surface area contributed by atoms with Crippen LogP contribution in [0.3, 0.4) is 0 Å². The van der Waals surface area contributed by atoms with E-state index in [1.807, 2.05) is 0 Å². The van der Waals surface area contributed by atoms with E-state index in [9.17, 15) is 14.4 Å². The van der Waals surface area contributed by atoms with Crippen LogP contribution in [-0.2, 0) is 16.1 Å². The van der Waals surface area contributed by atoms with Crippen LogP contribution in [0.15, 0.2) is 57.9 Å². The van der Waals surface area contributed by atoms with Crippen LogP contribution in [0.5, 0.6) is 0 Å². The zero-order chi connectivity index (χ0) is 17.8. The number of ether oxygens (including phenoxy) is 1. The average Bonchev–Trinajstić information content (AvgIpc) is 3.12. The first kappa shape index (κ1) is 16.5. The summed E-state index contributed by atoms with van der Waals surface area (Å²) in [6.07, 6.45) is 0.490. The molecule has 1 unspecified atom stereocenters. The fourth-order valence-electron chi connectivity index (χ4n) is 2.38. The van der Waals surface area contributed by atoms with Gasteiger partial charge in [-0.05, 0) is 25.1 Å². The van der Waals surface area contributed by atoms with Crippen LogP contribution in [-0.4, -0.2) is 23.0 Å². The zero-order valence-electron chi connectivity index (χ0n) is 13.4. The Morgan fingerprint density at radius 3 is 2.80 bits per heavy atom. The number of nitrogens with one attached hydrogen (secondary N) is 2. The molecule has 25 heavy (non-hydrogen) atoms. The molecule has 0 saturated carbocycles. The van der Waals surface area contributed by atoms with Gasteiger partial charge in [-0.3, -0.25) is 9.59 Å². The lowest BCUT2D eigenvalue weighted by Gasteiger charge is -2.13. The number of aromatic amines is 1. The molecule has 0 fully saturated rings. The van der Waals surface area contributed by atoms with E-state index in [1.54, 1.807) is 36.4 Å². The number of H-pyrrole nitrogens is 1. The standard InChI is InChI=1S/C18H16N2O5/c1-11(17(22)19-10-12-5-4-8-24-12)25-18(23)14-9-16(21)20-15-7-3-2-6-13(14)15/h2-9,11H,10H2,1H3,(H,19,22)(H,20,21). The third-order valence-corrected chi connectivity index (χ3v) is 3.64. The van der Waals surface area contributed by atoms with Gasteiger partial charge in [-0.2, -0.15) is 0 Å². The van der Waals surface area contributed by atoms with E-state index in [0.717, 1.165) is 6.07 Å². The molecule has 0 saturated heterocycles. The van der Waals surface area contributed by atoms with Crippen LogP contribution in [0.4, 0.5) is 0 Å². The minimum atomic E-state index is -1.01. The van der Waals surface area contributed by atoms with E-state index in [0.29, 0.717) is 16.7 Å². The first-order valence-electron chi connectivity index (χ1n) is 7.68. The van der Waals surface area contributed by atoms with Gasteiger partial charge in [0.1, 0.15) is 5.76 Å². The predicted molar refractivity (Wildman–Crippen MR) is 90.0 cm³/mol. The van der Waals surface area contributed by atoms with Gasteiger partial charge in [-0.25, -0.2) is 4.79 Å². The van der Waals surface area contributed by atoms with Crippen molar-refractivity contribution in [2.24, 2.45) is 0 Å². The molecule has 0 aliphatic carbocycles. The molecule has 1 amide bonds. The van der Waals surface area contributed by atoms with Gasteiger partial charge in [0.25, 0.3) is 5.91 Å². The average molecular weight is 340 g/mol. The molecule has 2 N–H and O–H groups in total. The topological polar surface area (TPSA) is 101 Å². The Morgan fingerprint density at radius 1 is 1.24 bits per heavy atom. The number of aromatic nitrogens is 1. The summed E-state index contributed by atoms with van der Waals surface area (Å²) in [6, 6.07) is 11.5. The highest BCUT2D eigenvalue weighted by atomic mass is 16.5. The number of hydrogen-bond donors (Lipinski definition) is 2. The van der Waals surface area contributed by atoms with E-state index in [1.165, 1.54) is 13.2 Å². The first-order valence-corrected chi connectivity index (χ1v) is 7.68. The zero-order valence-corrected chi connectivity index (χ0v) is 13.4. The van der Waals surface area contributed by atoms with Crippen molar-refractivity contribution in [1.29, 1.82) is 0 Å². The van der Waals surface area contributed by atoms with Crippen LogP contribution in [0.1, 0.15) is 23.0 Å². The van der Waals surface area contributed by atoms with Crippen molar-refractivity contribution in [2.45, 2.75) is 19.6 Å². The number of amides is 1. The molecule has 3 rings (SSSR count). The van der Waals surface area contributed by atoms with E-state index in [2.05, 4.69) is 10.3 Å². The summed E-state index contributed by atoms with van der Waals surface area (Å²) in [5, 5.41) is 3.16. The van der Waals surface area contributed by atoms with Crippen molar-refractivity contribution in [2.75, 3.05) is 0 Å². The second kappa shape index (κ2) is 7.04. The third kappa shape index (κ3) is 3.77. The third-order valence-electron chi connectivity index (χ3n) is 3.64. The number of para-hydroxylation sites is 1. The summed E-state index contributed by atoms with van der Waals surface area (Å²) < 4.78 is 10.3. The van der Waals surface area contributed by atoms with Crippen molar-refractivity contribution >= 4 is 22.8 Å². The SMILES string of the molecule is CC(OC(=O)c1cc(=O)[nH]c2ccccc12)C(=O)NCc1ccco1. The molecule has 2 aromatic heterocycles. The highest BCUT2D eigenvalue weighted by Crippen LogP contribution is 2.16. The van der Waals surface area contributed by atoms with Gasteiger partial charge in [0.15, 0.2) is 6.10 Å². The summed E-state index contributed by atoms with van der Waals surface area (Å²) in [5.74, 6) is -0.602. The molecule has 1 aromatic carbocycles. The summed E-state index contributed by atoms with van der Waals surface area (Å²) in [7, 11) is 0. The number of furan rings is 1. The number of rotatable bonds is 5. The van der Waals surface area contributed by atoms with Crippen molar-refractivity contribution < 1.29 is 18.7 Å². The highest BCUT2D eigenvalue weighted by molar-refractivity contribution is 6.03. The quantitative estimate of drug-likeness (QED) is 0.692. The monoisotopic (exact) mass is 340 g/mol. The molecule has 0 spiro atoms. The Kier molecular flexibility index (Phi) is 4.65. The number of fused-ring (bicyclic) bond motifs is 1. The van der Waals surface area contributed by atoms with Crippen molar-refractivity contribution in [3.8, 4) is 0 Å². The lowest BCUT2D eigenvalue weighted by atomic mass is 10.1. The van der Waals surface area contributed by atoms with Gasteiger partial charge in [-0.1, -0.05) is 18.2 Å². The number of hydrogen-bond acceptors (Lipinski definition) is 5.